The number of aromatic nitrogens is 1. The number of nitrogens with one attached hydrogen (secondary N) is 2. The second kappa shape index (κ2) is 9.25. The van der Waals surface area contributed by atoms with Crippen LogP contribution in [0.25, 0.3) is 0 Å². The van der Waals surface area contributed by atoms with Gasteiger partial charge in [0.1, 0.15) is 5.82 Å². The Hall–Kier alpha value is -1.82. The van der Waals surface area contributed by atoms with Gasteiger partial charge in [-0.25, -0.2) is 9.78 Å². The van der Waals surface area contributed by atoms with Gasteiger partial charge in [0.25, 0.3) is 0 Å². The van der Waals surface area contributed by atoms with Crippen LogP contribution in [0.2, 0.25) is 0 Å². The van der Waals surface area contributed by atoms with Crippen LogP contribution in [0.4, 0.5) is 16.3 Å². The van der Waals surface area contributed by atoms with Gasteiger partial charge in [0.15, 0.2) is 0 Å². The fourth-order valence-corrected chi connectivity index (χ4v) is 1.97. The van der Waals surface area contributed by atoms with Crippen molar-refractivity contribution in [2.75, 3.05) is 43.4 Å². The Morgan fingerprint density at radius 2 is 1.95 bits per heavy atom. The van der Waals surface area contributed by atoms with E-state index in [-0.39, 0.29) is 6.03 Å². The molecule has 2 N–H and O–H groups in total. The fourth-order valence-electron chi connectivity index (χ4n) is 1.97. The van der Waals surface area contributed by atoms with E-state index in [2.05, 4.69) is 53.1 Å². The third kappa shape index (κ3) is 5.89. The van der Waals surface area contributed by atoms with Gasteiger partial charge in [0, 0.05) is 32.2 Å². The minimum absolute atomic E-state index is 0.199. The van der Waals surface area contributed by atoms with Gasteiger partial charge in [-0.3, -0.25) is 0 Å². The molecule has 0 radical (unpaired) electrons. The first kappa shape index (κ1) is 18.2. The Labute approximate surface area is 133 Å². The Balaban J connectivity index is 2.41. The first-order chi connectivity index (χ1) is 10.5. The van der Waals surface area contributed by atoms with Crippen molar-refractivity contribution >= 4 is 17.5 Å². The molecule has 0 saturated heterocycles. The molecule has 1 rings (SSSR count). The van der Waals surface area contributed by atoms with Gasteiger partial charge >= 0.3 is 6.03 Å². The van der Waals surface area contributed by atoms with E-state index in [4.69, 9.17) is 0 Å². The third-order valence-electron chi connectivity index (χ3n) is 3.72. The molecule has 0 aliphatic rings. The van der Waals surface area contributed by atoms with Gasteiger partial charge in [-0.2, -0.15) is 0 Å². The number of carbonyl (C=O) groups excluding carboxylic acids is 1. The monoisotopic (exact) mass is 307 g/mol. The normalized spacial score (nSPS) is 10.9. The number of amides is 2. The second-order valence-corrected chi connectivity index (χ2v) is 5.53. The Morgan fingerprint density at radius 1 is 1.27 bits per heavy atom. The topological polar surface area (TPSA) is 60.5 Å². The number of carbonyl (C=O) groups is 1. The summed E-state index contributed by atoms with van der Waals surface area (Å²) in [5, 5.41) is 5.64. The molecule has 124 valence electrons. The Morgan fingerprint density at radius 3 is 2.45 bits per heavy atom. The number of likely N-dealkylation sites (N-methyl/N-ethyl adjacent to an activating group) is 1. The predicted molar refractivity (Wildman–Crippen MR) is 92.6 cm³/mol. The Kier molecular flexibility index (Phi) is 7.66. The maximum atomic E-state index is 11.8. The van der Waals surface area contributed by atoms with Crippen LogP contribution < -0.4 is 15.5 Å². The minimum atomic E-state index is -0.199. The standard InChI is InChI=1S/C16H29N5O/c1-6-21(7-2)15-9-8-14(12-18-15)19-16(22)17-10-11-20(5)13(3)4/h8-9,12-13H,6-7,10-11H2,1-5H3,(H2,17,19,22). The molecule has 22 heavy (non-hydrogen) atoms. The lowest BCUT2D eigenvalue weighted by atomic mass is 10.3. The van der Waals surface area contributed by atoms with Gasteiger partial charge in [0.05, 0.1) is 11.9 Å². The summed E-state index contributed by atoms with van der Waals surface area (Å²) in [5.74, 6) is 0.925. The van der Waals surface area contributed by atoms with Crippen molar-refractivity contribution in [3.63, 3.8) is 0 Å². The molecule has 0 aliphatic carbocycles. The Bertz CT molecular complexity index is 442. The summed E-state index contributed by atoms with van der Waals surface area (Å²) < 4.78 is 0. The number of anilines is 2. The lowest BCUT2D eigenvalue weighted by molar-refractivity contribution is 0.244. The molecule has 1 aromatic rings. The molecular weight excluding hydrogens is 278 g/mol. The van der Waals surface area contributed by atoms with Crippen LogP contribution in [-0.4, -0.2) is 55.2 Å². The summed E-state index contributed by atoms with van der Waals surface area (Å²) >= 11 is 0. The summed E-state index contributed by atoms with van der Waals surface area (Å²) in [6.07, 6.45) is 1.69. The van der Waals surface area contributed by atoms with Gasteiger partial charge in [-0.15, -0.1) is 0 Å². The van der Waals surface area contributed by atoms with Crippen LogP contribution in [-0.2, 0) is 0 Å². The molecule has 0 unspecified atom stereocenters. The molecule has 1 heterocycles. The highest BCUT2D eigenvalue weighted by Gasteiger charge is 2.06. The highest BCUT2D eigenvalue weighted by molar-refractivity contribution is 5.89. The van der Waals surface area contributed by atoms with Crippen molar-refractivity contribution in [1.82, 2.24) is 15.2 Å². The average Bonchev–Trinajstić information content (AvgIpc) is 2.50. The first-order valence-corrected chi connectivity index (χ1v) is 7.94. The molecule has 6 heteroatoms. The number of pyridine rings is 1. The maximum absolute atomic E-state index is 11.8. The van der Waals surface area contributed by atoms with Crippen LogP contribution in [0.15, 0.2) is 18.3 Å². The molecule has 0 saturated carbocycles. The molecular formula is C16H29N5O. The highest BCUT2D eigenvalue weighted by Crippen LogP contribution is 2.13. The van der Waals surface area contributed by atoms with Crippen molar-refractivity contribution < 1.29 is 4.79 Å². The molecule has 0 spiro atoms. The number of nitrogens with zero attached hydrogens (tertiary/aromatic N) is 3. The van der Waals surface area contributed by atoms with Gasteiger partial charge in [-0.1, -0.05) is 0 Å². The van der Waals surface area contributed by atoms with E-state index in [9.17, 15) is 4.79 Å². The summed E-state index contributed by atoms with van der Waals surface area (Å²) in [4.78, 5) is 20.5. The number of urea groups is 1. The number of hydrogen-bond donors (Lipinski definition) is 2. The summed E-state index contributed by atoms with van der Waals surface area (Å²) in [6.45, 7) is 11.7. The van der Waals surface area contributed by atoms with E-state index < -0.39 is 0 Å². The van der Waals surface area contributed by atoms with Crippen LogP contribution >= 0.6 is 0 Å². The largest absolute Gasteiger partial charge is 0.357 e. The van der Waals surface area contributed by atoms with Crippen LogP contribution in [0.3, 0.4) is 0 Å². The summed E-state index contributed by atoms with van der Waals surface area (Å²) in [5.41, 5.74) is 0.700. The molecule has 0 aliphatic heterocycles. The molecule has 0 aromatic carbocycles. The minimum Gasteiger partial charge on any atom is -0.357 e. The third-order valence-corrected chi connectivity index (χ3v) is 3.72. The molecule has 1 aromatic heterocycles. The zero-order valence-corrected chi connectivity index (χ0v) is 14.4. The summed E-state index contributed by atoms with van der Waals surface area (Å²) in [6, 6.07) is 4.08. The maximum Gasteiger partial charge on any atom is 0.319 e. The highest BCUT2D eigenvalue weighted by atomic mass is 16.2. The van der Waals surface area contributed by atoms with Crippen LogP contribution in [0.1, 0.15) is 27.7 Å². The van der Waals surface area contributed by atoms with E-state index in [1.807, 2.05) is 19.2 Å². The van der Waals surface area contributed by atoms with E-state index in [0.29, 0.717) is 18.3 Å². The fraction of sp³-hybridized carbons (Fsp3) is 0.625. The van der Waals surface area contributed by atoms with Crippen molar-refractivity contribution in [2.24, 2.45) is 0 Å². The lowest BCUT2D eigenvalue weighted by Crippen LogP contribution is -2.37. The molecule has 0 atom stereocenters. The van der Waals surface area contributed by atoms with Gasteiger partial charge in [-0.05, 0) is 46.9 Å². The van der Waals surface area contributed by atoms with Crippen LogP contribution in [0, 0.1) is 0 Å². The van der Waals surface area contributed by atoms with Crippen molar-refractivity contribution in [1.29, 1.82) is 0 Å². The predicted octanol–water partition coefficient (Wildman–Crippen LogP) is 2.39. The van der Waals surface area contributed by atoms with Crippen molar-refractivity contribution in [3.05, 3.63) is 18.3 Å². The smallest absolute Gasteiger partial charge is 0.319 e. The van der Waals surface area contributed by atoms with E-state index in [1.54, 1.807) is 6.20 Å². The lowest BCUT2D eigenvalue weighted by Gasteiger charge is -2.21. The van der Waals surface area contributed by atoms with Crippen LogP contribution in [0.5, 0.6) is 0 Å². The number of hydrogen-bond acceptors (Lipinski definition) is 4. The zero-order chi connectivity index (χ0) is 16.5. The van der Waals surface area contributed by atoms with Gasteiger partial charge < -0.3 is 20.4 Å². The SMILES string of the molecule is CCN(CC)c1ccc(NC(=O)NCCN(C)C(C)C)cn1. The van der Waals surface area contributed by atoms with E-state index in [1.165, 1.54) is 0 Å². The van der Waals surface area contributed by atoms with E-state index >= 15 is 0 Å². The molecule has 6 nitrogen and oxygen atoms in total. The zero-order valence-electron chi connectivity index (χ0n) is 14.4. The summed E-state index contributed by atoms with van der Waals surface area (Å²) in [7, 11) is 2.04. The molecule has 0 fully saturated rings. The van der Waals surface area contributed by atoms with Crippen molar-refractivity contribution in [2.45, 2.75) is 33.7 Å². The second-order valence-electron chi connectivity index (χ2n) is 5.53. The average molecular weight is 307 g/mol. The van der Waals surface area contributed by atoms with Gasteiger partial charge in [0.2, 0.25) is 0 Å². The molecule has 2 amide bonds. The number of rotatable bonds is 8. The van der Waals surface area contributed by atoms with Crippen molar-refractivity contribution in [3.8, 4) is 0 Å². The van der Waals surface area contributed by atoms with E-state index in [0.717, 1.165) is 25.5 Å². The first-order valence-electron chi connectivity index (χ1n) is 7.94. The molecule has 0 bridgehead atoms. The quantitative estimate of drug-likeness (QED) is 0.774.